The SMILES string of the molecule is CC(=O)OC(=[C]CO)c1ccc(C)cc1.CC(=O)[O-].[Hg+]. The zero-order valence-electron chi connectivity index (χ0n) is 11.8. The first-order valence-electron chi connectivity index (χ1n) is 5.51. The van der Waals surface area contributed by atoms with Crippen LogP contribution in [-0.4, -0.2) is 23.7 Å². The van der Waals surface area contributed by atoms with Crippen molar-refractivity contribution in [1.29, 1.82) is 0 Å². The molecule has 1 rings (SSSR count). The van der Waals surface area contributed by atoms with E-state index < -0.39 is 11.9 Å². The molecule has 0 saturated carbocycles. The third kappa shape index (κ3) is 10.7. The summed E-state index contributed by atoms with van der Waals surface area (Å²) in [6.07, 6.45) is 2.58. The van der Waals surface area contributed by atoms with Crippen LogP contribution in [0, 0.1) is 13.0 Å². The molecule has 0 unspecified atom stereocenters. The Morgan fingerprint density at radius 1 is 1.25 bits per heavy atom. The molecule has 2 radical (unpaired) electrons. The minimum absolute atomic E-state index is 0. The van der Waals surface area contributed by atoms with Crippen molar-refractivity contribution in [3.05, 3.63) is 41.5 Å². The maximum atomic E-state index is 10.8. The van der Waals surface area contributed by atoms with Crippen LogP contribution in [0.5, 0.6) is 0 Å². The zero-order chi connectivity index (χ0) is 14.8. The number of carbonyl (C=O) groups is 2. The van der Waals surface area contributed by atoms with Gasteiger partial charge in [0.1, 0.15) is 5.76 Å². The van der Waals surface area contributed by atoms with Gasteiger partial charge in [-0.2, -0.15) is 0 Å². The monoisotopic (exact) mass is 466 g/mol. The number of hydrogen-bond donors (Lipinski definition) is 1. The van der Waals surface area contributed by atoms with E-state index in [-0.39, 0.29) is 40.0 Å². The quantitative estimate of drug-likeness (QED) is 0.399. The van der Waals surface area contributed by atoms with Gasteiger partial charge in [0.2, 0.25) is 0 Å². The van der Waals surface area contributed by atoms with Gasteiger partial charge in [0.25, 0.3) is 0 Å². The van der Waals surface area contributed by atoms with Gasteiger partial charge >= 0.3 is 33.6 Å². The van der Waals surface area contributed by atoms with Crippen LogP contribution in [-0.2, 0) is 42.0 Å². The maximum Gasteiger partial charge on any atom is 1.00 e. The van der Waals surface area contributed by atoms with E-state index in [2.05, 4.69) is 6.08 Å². The average molecular weight is 465 g/mol. The van der Waals surface area contributed by atoms with Gasteiger partial charge in [0.15, 0.2) is 0 Å². The molecule has 0 atom stereocenters. The second-order valence-corrected chi connectivity index (χ2v) is 3.62. The van der Waals surface area contributed by atoms with Crippen molar-refractivity contribution in [2.75, 3.05) is 6.61 Å². The van der Waals surface area contributed by atoms with Gasteiger partial charge < -0.3 is 19.7 Å². The number of aliphatic hydroxyl groups is 1. The number of aliphatic carboxylic acids is 1. The number of hydrogen-bond acceptors (Lipinski definition) is 5. The van der Waals surface area contributed by atoms with Crippen molar-refractivity contribution in [3.8, 4) is 0 Å². The number of esters is 1. The fourth-order valence-electron chi connectivity index (χ4n) is 1.12. The number of aliphatic hydroxyl groups excluding tert-OH is 1. The van der Waals surface area contributed by atoms with Crippen LogP contribution in [0.15, 0.2) is 24.3 Å². The summed E-state index contributed by atoms with van der Waals surface area (Å²) in [5, 5.41) is 17.6. The summed E-state index contributed by atoms with van der Waals surface area (Å²) in [6.45, 7) is 3.97. The predicted molar refractivity (Wildman–Crippen MR) is 67.4 cm³/mol. The molecule has 0 heterocycles. The van der Waals surface area contributed by atoms with Crippen molar-refractivity contribution in [2.45, 2.75) is 20.8 Å². The molecule has 0 spiro atoms. The van der Waals surface area contributed by atoms with Gasteiger partial charge in [-0.1, -0.05) is 29.8 Å². The van der Waals surface area contributed by atoms with Crippen molar-refractivity contribution in [2.24, 2.45) is 0 Å². The molecule has 1 aromatic carbocycles. The first kappa shape index (κ1) is 21.1. The van der Waals surface area contributed by atoms with Crippen molar-refractivity contribution in [1.82, 2.24) is 0 Å². The minimum atomic E-state index is -1.08. The Labute approximate surface area is 138 Å². The van der Waals surface area contributed by atoms with Crippen LogP contribution in [0.3, 0.4) is 0 Å². The number of benzene rings is 1. The minimum Gasteiger partial charge on any atom is -0.550 e. The van der Waals surface area contributed by atoms with Crippen LogP contribution >= 0.6 is 0 Å². The number of ether oxygens (including phenoxy) is 1. The molecule has 0 amide bonds. The molecular formula is C14H16HgO5. The second kappa shape index (κ2) is 11.6. The van der Waals surface area contributed by atoms with Crippen molar-refractivity contribution < 1.29 is 52.2 Å². The normalized spacial score (nSPS) is 9.70. The molecule has 6 heteroatoms. The van der Waals surface area contributed by atoms with Gasteiger partial charge in [-0.25, -0.2) is 0 Å². The van der Waals surface area contributed by atoms with Crippen LogP contribution < -0.4 is 5.11 Å². The first-order valence-corrected chi connectivity index (χ1v) is 5.51. The fraction of sp³-hybridized carbons (Fsp3) is 0.286. The molecule has 1 N–H and O–H groups in total. The third-order valence-electron chi connectivity index (χ3n) is 1.80. The fourth-order valence-corrected chi connectivity index (χ4v) is 1.12. The van der Waals surface area contributed by atoms with E-state index in [1.165, 1.54) is 6.92 Å². The zero-order valence-corrected chi connectivity index (χ0v) is 17.3. The van der Waals surface area contributed by atoms with E-state index >= 15 is 0 Å². The summed E-state index contributed by atoms with van der Waals surface area (Å²) in [4.78, 5) is 19.7. The number of rotatable bonds is 3. The second-order valence-electron chi connectivity index (χ2n) is 3.62. The summed E-state index contributed by atoms with van der Waals surface area (Å²) in [6, 6.07) is 7.43. The summed E-state index contributed by atoms with van der Waals surface area (Å²) in [5.74, 6) is -1.24. The standard InChI is InChI=1S/C12H13O3.C2H4O2.Hg/c1-9-3-5-11(6-4-9)12(7-8-13)15-10(2)14;1-2(3)4;/h3-6,13H,8H2,1-2H3;1H3,(H,3,4);/q;;+1/p-1. The predicted octanol–water partition coefficient (Wildman–Crippen LogP) is 0.448. The molecule has 5 nitrogen and oxygen atoms in total. The van der Waals surface area contributed by atoms with Crippen molar-refractivity contribution in [3.63, 3.8) is 0 Å². The van der Waals surface area contributed by atoms with Crippen LogP contribution in [0.1, 0.15) is 25.0 Å². The molecule has 0 aromatic heterocycles. The van der Waals surface area contributed by atoms with E-state index in [0.29, 0.717) is 0 Å². The Bertz CT molecular complexity index is 447. The maximum absolute atomic E-state index is 10.8. The summed E-state index contributed by atoms with van der Waals surface area (Å²) >= 11 is 0. The van der Waals surface area contributed by atoms with Gasteiger partial charge in [-0.15, -0.1) is 0 Å². The van der Waals surface area contributed by atoms with Gasteiger partial charge in [-0.3, -0.25) is 4.79 Å². The Balaban J connectivity index is 0. The van der Waals surface area contributed by atoms with Crippen LogP contribution in [0.2, 0.25) is 0 Å². The number of carbonyl (C=O) groups excluding carboxylic acids is 2. The molecule has 104 valence electrons. The Morgan fingerprint density at radius 2 is 1.70 bits per heavy atom. The van der Waals surface area contributed by atoms with E-state index in [4.69, 9.17) is 19.7 Å². The molecule has 0 saturated heterocycles. The van der Waals surface area contributed by atoms with Crippen LogP contribution in [0.4, 0.5) is 0 Å². The van der Waals surface area contributed by atoms with Crippen molar-refractivity contribution >= 4 is 17.7 Å². The molecule has 20 heavy (non-hydrogen) atoms. The number of carboxylic acid groups (broad SMARTS) is 1. The van der Waals surface area contributed by atoms with Gasteiger partial charge in [-0.05, 0) is 13.8 Å². The smallest absolute Gasteiger partial charge is 0.550 e. The first-order chi connectivity index (χ1) is 8.86. The third-order valence-corrected chi connectivity index (χ3v) is 1.80. The molecule has 0 aliphatic carbocycles. The summed E-state index contributed by atoms with van der Waals surface area (Å²) in [7, 11) is 0. The average Bonchev–Trinajstić information content (AvgIpc) is 2.28. The topological polar surface area (TPSA) is 86.7 Å². The van der Waals surface area contributed by atoms with E-state index in [9.17, 15) is 4.79 Å². The molecule has 0 bridgehead atoms. The number of aryl methyl sites for hydroxylation is 1. The largest absolute Gasteiger partial charge is 1.00 e. The Kier molecular flexibility index (Phi) is 12.2. The molecule has 1 aromatic rings. The van der Waals surface area contributed by atoms with Gasteiger partial charge in [0, 0.05) is 24.5 Å². The van der Waals surface area contributed by atoms with E-state index in [1.807, 2.05) is 31.2 Å². The number of carboxylic acids is 1. The van der Waals surface area contributed by atoms with Gasteiger partial charge in [0.05, 0.1) is 6.61 Å². The Hall–Kier alpha value is -1.20. The van der Waals surface area contributed by atoms with E-state index in [0.717, 1.165) is 18.1 Å². The molecule has 0 aliphatic rings. The Morgan fingerprint density at radius 3 is 2.05 bits per heavy atom. The summed E-state index contributed by atoms with van der Waals surface area (Å²) in [5.41, 5.74) is 1.84. The molecule has 0 fully saturated rings. The molecular weight excluding hydrogens is 449 g/mol. The molecule has 0 aliphatic heterocycles. The van der Waals surface area contributed by atoms with E-state index in [1.54, 1.807) is 0 Å². The summed E-state index contributed by atoms with van der Waals surface area (Å²) < 4.78 is 4.92. The van der Waals surface area contributed by atoms with Crippen LogP contribution in [0.25, 0.3) is 5.76 Å².